The summed E-state index contributed by atoms with van der Waals surface area (Å²) in [5.41, 5.74) is 2.66. The summed E-state index contributed by atoms with van der Waals surface area (Å²) in [5, 5.41) is 10.2. The molecule has 21 heavy (non-hydrogen) atoms. The molecule has 3 aromatic rings. The molecule has 0 unspecified atom stereocenters. The number of imidazole rings is 1. The van der Waals surface area contributed by atoms with Crippen LogP contribution in [-0.4, -0.2) is 28.4 Å². The van der Waals surface area contributed by atoms with Crippen LogP contribution in [0.5, 0.6) is 5.75 Å². The second-order valence-electron chi connectivity index (χ2n) is 4.73. The fraction of sp³-hybridized carbons (Fsp3) is 0.188. The Hall–Kier alpha value is -1.85. The van der Waals surface area contributed by atoms with Crippen molar-refractivity contribution in [1.29, 1.82) is 0 Å². The number of hydrogen-bond acceptors (Lipinski definition) is 3. The Morgan fingerprint density at radius 2 is 2.05 bits per heavy atom. The fourth-order valence-corrected chi connectivity index (χ4v) is 2.73. The van der Waals surface area contributed by atoms with Crippen molar-refractivity contribution in [3.63, 3.8) is 0 Å². The first-order chi connectivity index (χ1) is 10.2. The molecule has 0 fully saturated rings. The van der Waals surface area contributed by atoms with Gasteiger partial charge in [-0.1, -0.05) is 28.1 Å². The van der Waals surface area contributed by atoms with E-state index in [0.717, 1.165) is 21.3 Å². The van der Waals surface area contributed by atoms with E-state index in [9.17, 15) is 5.11 Å². The number of rotatable bonds is 4. The minimum atomic E-state index is 0.207. The molecule has 0 aliphatic carbocycles. The fourth-order valence-electron chi connectivity index (χ4n) is 2.38. The molecule has 0 saturated heterocycles. The second-order valence-corrected chi connectivity index (χ2v) is 5.65. The van der Waals surface area contributed by atoms with Crippen molar-refractivity contribution in [2.24, 2.45) is 0 Å². The molecule has 0 amide bonds. The lowest BCUT2D eigenvalue weighted by atomic mass is 10.2. The summed E-state index contributed by atoms with van der Waals surface area (Å²) < 4.78 is 8.09. The molecule has 0 spiro atoms. The molecule has 0 aliphatic heterocycles. The predicted octanol–water partition coefficient (Wildman–Crippen LogP) is 3.82. The van der Waals surface area contributed by atoms with E-state index >= 15 is 0 Å². The Morgan fingerprint density at radius 1 is 1.24 bits per heavy atom. The van der Waals surface area contributed by atoms with Crippen LogP contribution in [0.2, 0.25) is 0 Å². The molecule has 0 bridgehead atoms. The average Bonchev–Trinajstić information content (AvgIpc) is 2.83. The van der Waals surface area contributed by atoms with Crippen LogP contribution in [-0.2, 0) is 11.3 Å². The van der Waals surface area contributed by atoms with Crippen LogP contribution in [0.3, 0.4) is 0 Å². The Kier molecular flexibility index (Phi) is 3.94. The summed E-state index contributed by atoms with van der Waals surface area (Å²) in [7, 11) is 1.68. The summed E-state index contributed by atoms with van der Waals surface area (Å²) in [6, 6.07) is 13.4. The number of methoxy groups -OCH3 is 1. The molecule has 4 nitrogen and oxygen atoms in total. The topological polar surface area (TPSA) is 47.3 Å². The molecule has 0 aliphatic rings. The molecule has 1 heterocycles. The summed E-state index contributed by atoms with van der Waals surface area (Å²) in [6.07, 6.45) is 0. The Labute approximate surface area is 131 Å². The highest BCUT2D eigenvalue weighted by Crippen LogP contribution is 2.33. The van der Waals surface area contributed by atoms with Crippen LogP contribution in [0, 0.1) is 0 Å². The number of hydrogen-bond donors (Lipinski definition) is 1. The van der Waals surface area contributed by atoms with E-state index in [1.165, 1.54) is 0 Å². The van der Waals surface area contributed by atoms with Gasteiger partial charge >= 0.3 is 0 Å². The average molecular weight is 347 g/mol. The van der Waals surface area contributed by atoms with Crippen molar-refractivity contribution in [2.75, 3.05) is 13.7 Å². The monoisotopic (exact) mass is 346 g/mol. The van der Waals surface area contributed by atoms with Gasteiger partial charge in [0.05, 0.1) is 23.2 Å². The van der Waals surface area contributed by atoms with E-state index in [2.05, 4.69) is 25.5 Å². The first kappa shape index (κ1) is 14.1. The first-order valence-corrected chi connectivity index (χ1v) is 7.43. The van der Waals surface area contributed by atoms with Gasteiger partial charge in [0, 0.05) is 18.1 Å². The van der Waals surface area contributed by atoms with E-state index in [4.69, 9.17) is 4.74 Å². The molecular formula is C16H15BrN2O2. The SMILES string of the molecule is COCCn1c(-c2ccc(Br)cc2O)nc2ccccc21. The van der Waals surface area contributed by atoms with Gasteiger partial charge in [-0.15, -0.1) is 0 Å². The molecule has 0 radical (unpaired) electrons. The van der Waals surface area contributed by atoms with Crippen molar-refractivity contribution >= 4 is 27.0 Å². The predicted molar refractivity (Wildman–Crippen MR) is 86.4 cm³/mol. The number of aromatic hydroxyl groups is 1. The quantitative estimate of drug-likeness (QED) is 0.781. The van der Waals surface area contributed by atoms with Gasteiger partial charge in [0.15, 0.2) is 0 Å². The van der Waals surface area contributed by atoms with Gasteiger partial charge in [-0.3, -0.25) is 0 Å². The van der Waals surface area contributed by atoms with Gasteiger partial charge in [-0.2, -0.15) is 0 Å². The molecule has 108 valence electrons. The van der Waals surface area contributed by atoms with Crippen LogP contribution < -0.4 is 0 Å². The van der Waals surface area contributed by atoms with E-state index in [1.54, 1.807) is 13.2 Å². The van der Waals surface area contributed by atoms with Gasteiger partial charge < -0.3 is 14.4 Å². The third-order valence-corrected chi connectivity index (χ3v) is 3.87. The zero-order valence-corrected chi connectivity index (χ0v) is 13.2. The van der Waals surface area contributed by atoms with E-state index < -0.39 is 0 Å². The van der Waals surface area contributed by atoms with Gasteiger partial charge in [0.1, 0.15) is 11.6 Å². The lowest BCUT2D eigenvalue weighted by molar-refractivity contribution is 0.188. The standard InChI is InChI=1S/C16H15BrN2O2/c1-21-9-8-19-14-5-3-2-4-13(14)18-16(19)12-7-6-11(17)10-15(12)20/h2-7,10,20H,8-9H2,1H3. The van der Waals surface area contributed by atoms with Crippen LogP contribution in [0.25, 0.3) is 22.4 Å². The van der Waals surface area contributed by atoms with Crippen molar-refractivity contribution in [2.45, 2.75) is 6.54 Å². The van der Waals surface area contributed by atoms with Crippen LogP contribution in [0.4, 0.5) is 0 Å². The third kappa shape index (κ3) is 2.66. The number of fused-ring (bicyclic) bond motifs is 1. The molecule has 0 atom stereocenters. The molecule has 0 saturated carbocycles. The molecule has 2 aromatic carbocycles. The second kappa shape index (κ2) is 5.87. The van der Waals surface area contributed by atoms with Gasteiger partial charge in [-0.05, 0) is 30.3 Å². The maximum Gasteiger partial charge on any atom is 0.144 e. The zero-order valence-electron chi connectivity index (χ0n) is 11.6. The number of phenols is 1. The lowest BCUT2D eigenvalue weighted by Gasteiger charge is -2.10. The zero-order chi connectivity index (χ0) is 14.8. The number of benzene rings is 2. The minimum absolute atomic E-state index is 0.207. The van der Waals surface area contributed by atoms with Gasteiger partial charge in [0.2, 0.25) is 0 Å². The highest BCUT2D eigenvalue weighted by molar-refractivity contribution is 9.10. The Balaban J connectivity index is 2.20. The number of ether oxygens (including phenoxy) is 1. The smallest absolute Gasteiger partial charge is 0.144 e. The minimum Gasteiger partial charge on any atom is -0.507 e. The highest BCUT2D eigenvalue weighted by atomic mass is 79.9. The van der Waals surface area contributed by atoms with Crippen LogP contribution >= 0.6 is 15.9 Å². The number of nitrogens with zero attached hydrogens (tertiary/aromatic N) is 2. The summed E-state index contributed by atoms with van der Waals surface area (Å²) in [6.45, 7) is 1.27. The maximum atomic E-state index is 10.2. The van der Waals surface area contributed by atoms with Crippen LogP contribution in [0.1, 0.15) is 0 Å². The van der Waals surface area contributed by atoms with Crippen molar-refractivity contribution in [1.82, 2.24) is 9.55 Å². The number of para-hydroxylation sites is 2. The molecule has 3 rings (SSSR count). The van der Waals surface area contributed by atoms with E-state index in [1.807, 2.05) is 36.4 Å². The summed E-state index contributed by atoms with van der Waals surface area (Å²) >= 11 is 3.36. The summed E-state index contributed by atoms with van der Waals surface area (Å²) in [4.78, 5) is 4.66. The number of aromatic nitrogens is 2. The van der Waals surface area contributed by atoms with E-state index in [0.29, 0.717) is 18.7 Å². The van der Waals surface area contributed by atoms with Crippen molar-refractivity contribution in [3.8, 4) is 17.1 Å². The highest BCUT2D eigenvalue weighted by Gasteiger charge is 2.15. The maximum absolute atomic E-state index is 10.2. The van der Waals surface area contributed by atoms with Crippen molar-refractivity contribution in [3.05, 3.63) is 46.9 Å². The lowest BCUT2D eigenvalue weighted by Crippen LogP contribution is -2.06. The molecule has 5 heteroatoms. The summed E-state index contributed by atoms with van der Waals surface area (Å²) in [5.74, 6) is 0.955. The van der Waals surface area contributed by atoms with Gasteiger partial charge in [0.25, 0.3) is 0 Å². The van der Waals surface area contributed by atoms with Crippen molar-refractivity contribution < 1.29 is 9.84 Å². The Morgan fingerprint density at radius 3 is 2.81 bits per heavy atom. The number of halogens is 1. The van der Waals surface area contributed by atoms with Gasteiger partial charge in [-0.25, -0.2) is 4.98 Å². The Bertz CT molecular complexity index is 783. The first-order valence-electron chi connectivity index (χ1n) is 6.64. The largest absolute Gasteiger partial charge is 0.507 e. The molecular weight excluding hydrogens is 332 g/mol. The number of phenolic OH excluding ortho intramolecular Hbond substituents is 1. The van der Waals surface area contributed by atoms with E-state index in [-0.39, 0.29) is 5.75 Å². The molecule has 1 N–H and O–H groups in total. The molecule has 1 aromatic heterocycles. The normalized spacial score (nSPS) is 11.1. The van der Waals surface area contributed by atoms with Crippen LogP contribution in [0.15, 0.2) is 46.9 Å². The third-order valence-electron chi connectivity index (χ3n) is 3.37.